The van der Waals surface area contributed by atoms with Gasteiger partial charge in [-0.15, -0.1) is 0 Å². The number of amides is 1. The summed E-state index contributed by atoms with van der Waals surface area (Å²) in [5.41, 5.74) is 2.87. The fourth-order valence-electron chi connectivity index (χ4n) is 2.30. The summed E-state index contributed by atoms with van der Waals surface area (Å²) in [6, 6.07) is 8.14. The normalized spacial score (nSPS) is 10.8. The summed E-state index contributed by atoms with van der Waals surface area (Å²) >= 11 is 0. The third-order valence-corrected chi connectivity index (χ3v) is 3.42. The molecule has 3 rings (SSSR count). The van der Waals surface area contributed by atoms with E-state index >= 15 is 0 Å². The Bertz CT molecular complexity index is 796. The van der Waals surface area contributed by atoms with Crippen LogP contribution in [-0.2, 0) is 6.54 Å². The Hall–Kier alpha value is -2.69. The maximum absolute atomic E-state index is 13.3. The number of carbonyl (C=O) groups is 1. The number of aryl methyl sites for hydroxylation is 1. The Morgan fingerprint density at radius 3 is 3.00 bits per heavy atom. The molecule has 0 radical (unpaired) electrons. The van der Waals surface area contributed by atoms with Gasteiger partial charge in [0.05, 0.1) is 0 Å². The van der Waals surface area contributed by atoms with Crippen molar-refractivity contribution < 1.29 is 9.18 Å². The lowest BCUT2D eigenvalue weighted by Crippen LogP contribution is -2.23. The first-order valence-corrected chi connectivity index (χ1v) is 6.60. The smallest absolute Gasteiger partial charge is 0.268 e. The first kappa shape index (κ1) is 13.3. The molecule has 1 amide bonds. The molecule has 0 aliphatic rings. The van der Waals surface area contributed by atoms with Gasteiger partial charge in [0.25, 0.3) is 5.91 Å². The van der Waals surface area contributed by atoms with Crippen LogP contribution < -0.4 is 5.32 Å². The third-order valence-electron chi connectivity index (χ3n) is 3.42. The largest absolute Gasteiger partial charge is 0.350 e. The number of benzene rings is 1. The third kappa shape index (κ3) is 2.63. The number of hydrogen-bond donors (Lipinski definition) is 2. The Kier molecular flexibility index (Phi) is 3.39. The van der Waals surface area contributed by atoms with Gasteiger partial charge in [-0.05, 0) is 42.3 Å². The van der Waals surface area contributed by atoms with Crippen molar-refractivity contribution in [2.24, 2.45) is 0 Å². The summed E-state index contributed by atoms with van der Waals surface area (Å²) in [7, 11) is 0. The number of carbonyl (C=O) groups excluding carboxylic acids is 1. The van der Waals surface area contributed by atoms with Crippen molar-refractivity contribution in [1.82, 2.24) is 15.3 Å². The van der Waals surface area contributed by atoms with Crippen LogP contribution in [-0.4, -0.2) is 15.9 Å². The van der Waals surface area contributed by atoms with E-state index in [1.165, 1.54) is 12.1 Å². The summed E-state index contributed by atoms with van der Waals surface area (Å²) < 4.78 is 13.3. The number of fused-ring (bicyclic) bond motifs is 1. The molecule has 5 heteroatoms. The zero-order chi connectivity index (χ0) is 14.8. The Morgan fingerprint density at radius 1 is 1.38 bits per heavy atom. The fourth-order valence-corrected chi connectivity index (χ4v) is 2.30. The molecule has 0 aliphatic carbocycles. The molecule has 0 bridgehead atoms. The molecule has 0 aliphatic heterocycles. The van der Waals surface area contributed by atoms with Gasteiger partial charge in [0, 0.05) is 29.8 Å². The van der Waals surface area contributed by atoms with E-state index in [4.69, 9.17) is 0 Å². The highest BCUT2D eigenvalue weighted by molar-refractivity contribution is 6.00. The Morgan fingerprint density at radius 2 is 2.24 bits per heavy atom. The maximum atomic E-state index is 13.3. The number of aromatic nitrogens is 2. The number of nitrogens with zero attached hydrogens (tertiary/aromatic N) is 1. The molecular weight excluding hydrogens is 269 g/mol. The van der Waals surface area contributed by atoms with Crippen LogP contribution >= 0.6 is 0 Å². The van der Waals surface area contributed by atoms with Gasteiger partial charge in [-0.2, -0.15) is 0 Å². The van der Waals surface area contributed by atoms with Crippen LogP contribution in [0.4, 0.5) is 4.39 Å². The summed E-state index contributed by atoms with van der Waals surface area (Å²) in [4.78, 5) is 19.3. The molecule has 2 N–H and O–H groups in total. The van der Waals surface area contributed by atoms with E-state index in [1.807, 2.05) is 12.1 Å². The molecule has 4 nitrogen and oxygen atoms in total. The maximum Gasteiger partial charge on any atom is 0.268 e. The second kappa shape index (κ2) is 5.36. The molecule has 21 heavy (non-hydrogen) atoms. The zero-order valence-electron chi connectivity index (χ0n) is 11.5. The van der Waals surface area contributed by atoms with Crippen LogP contribution in [0.25, 0.3) is 10.9 Å². The highest BCUT2D eigenvalue weighted by atomic mass is 19.1. The van der Waals surface area contributed by atoms with E-state index in [0.29, 0.717) is 12.2 Å². The average Bonchev–Trinajstić information content (AvgIpc) is 2.83. The van der Waals surface area contributed by atoms with E-state index in [2.05, 4.69) is 15.3 Å². The van der Waals surface area contributed by atoms with Crippen LogP contribution in [0.1, 0.15) is 21.6 Å². The van der Waals surface area contributed by atoms with Gasteiger partial charge < -0.3 is 10.3 Å². The van der Waals surface area contributed by atoms with E-state index in [9.17, 15) is 9.18 Å². The summed E-state index contributed by atoms with van der Waals surface area (Å²) in [6.07, 6.45) is 3.38. The molecule has 0 saturated carbocycles. The molecule has 0 fully saturated rings. The van der Waals surface area contributed by atoms with Crippen LogP contribution in [0.5, 0.6) is 0 Å². The highest BCUT2D eigenvalue weighted by Gasteiger charge is 2.14. The van der Waals surface area contributed by atoms with Gasteiger partial charge in [-0.25, -0.2) is 4.39 Å². The zero-order valence-corrected chi connectivity index (χ0v) is 11.5. The summed E-state index contributed by atoms with van der Waals surface area (Å²) in [5, 5.41) is 3.55. The van der Waals surface area contributed by atoms with Gasteiger partial charge in [0.1, 0.15) is 11.5 Å². The Labute approximate surface area is 121 Å². The SMILES string of the molecule is Cc1c(C(=O)NCc2cccnc2)[nH]c2ccc(F)cc12. The number of pyridine rings is 1. The number of H-pyrrole nitrogens is 1. The van der Waals surface area contributed by atoms with Gasteiger partial charge in [-0.1, -0.05) is 6.07 Å². The molecule has 0 spiro atoms. The van der Waals surface area contributed by atoms with Crippen molar-refractivity contribution in [2.75, 3.05) is 0 Å². The van der Waals surface area contributed by atoms with Crippen LogP contribution in [0, 0.1) is 12.7 Å². The molecule has 106 valence electrons. The van der Waals surface area contributed by atoms with Crippen LogP contribution in [0.3, 0.4) is 0 Å². The molecule has 2 aromatic heterocycles. The first-order chi connectivity index (χ1) is 10.1. The second-order valence-corrected chi connectivity index (χ2v) is 4.86. The standard InChI is InChI=1S/C16H14FN3O/c1-10-13-7-12(17)4-5-14(13)20-15(10)16(21)19-9-11-3-2-6-18-8-11/h2-8,20H,9H2,1H3,(H,19,21). The Balaban J connectivity index is 1.83. The topological polar surface area (TPSA) is 57.8 Å². The highest BCUT2D eigenvalue weighted by Crippen LogP contribution is 2.22. The number of nitrogens with one attached hydrogen (secondary N) is 2. The van der Waals surface area contributed by atoms with E-state index < -0.39 is 0 Å². The van der Waals surface area contributed by atoms with Gasteiger partial charge >= 0.3 is 0 Å². The molecule has 3 aromatic rings. The van der Waals surface area contributed by atoms with Crippen molar-refractivity contribution in [3.05, 3.63) is 65.4 Å². The number of rotatable bonds is 3. The molecule has 2 heterocycles. The van der Waals surface area contributed by atoms with Crippen molar-refractivity contribution in [3.8, 4) is 0 Å². The predicted molar refractivity (Wildman–Crippen MR) is 78.4 cm³/mol. The lowest BCUT2D eigenvalue weighted by molar-refractivity contribution is 0.0946. The monoisotopic (exact) mass is 283 g/mol. The lowest BCUT2D eigenvalue weighted by atomic mass is 10.1. The minimum atomic E-state index is -0.313. The quantitative estimate of drug-likeness (QED) is 0.776. The van der Waals surface area contributed by atoms with Crippen molar-refractivity contribution >= 4 is 16.8 Å². The molecule has 0 atom stereocenters. The molecule has 0 saturated heterocycles. The summed E-state index contributed by atoms with van der Waals surface area (Å²) in [6.45, 7) is 2.20. The number of aromatic amines is 1. The van der Waals surface area contributed by atoms with Gasteiger partial charge in [-0.3, -0.25) is 9.78 Å². The number of hydrogen-bond acceptors (Lipinski definition) is 2. The van der Waals surface area contributed by atoms with Crippen molar-refractivity contribution in [1.29, 1.82) is 0 Å². The van der Waals surface area contributed by atoms with Crippen LogP contribution in [0.15, 0.2) is 42.7 Å². The number of halogens is 1. The molecule has 1 aromatic carbocycles. The van der Waals surface area contributed by atoms with E-state index in [1.54, 1.807) is 25.4 Å². The molecular formula is C16H14FN3O. The minimum absolute atomic E-state index is 0.215. The summed E-state index contributed by atoms with van der Waals surface area (Å²) in [5.74, 6) is -0.528. The van der Waals surface area contributed by atoms with Crippen molar-refractivity contribution in [3.63, 3.8) is 0 Å². The average molecular weight is 283 g/mol. The first-order valence-electron chi connectivity index (χ1n) is 6.60. The van der Waals surface area contributed by atoms with Gasteiger partial charge in [0.2, 0.25) is 0 Å². The van der Waals surface area contributed by atoms with E-state index in [-0.39, 0.29) is 11.7 Å². The second-order valence-electron chi connectivity index (χ2n) is 4.86. The fraction of sp³-hybridized carbons (Fsp3) is 0.125. The van der Waals surface area contributed by atoms with Gasteiger partial charge in [0.15, 0.2) is 0 Å². The van der Waals surface area contributed by atoms with Crippen molar-refractivity contribution in [2.45, 2.75) is 13.5 Å². The van der Waals surface area contributed by atoms with Crippen LogP contribution in [0.2, 0.25) is 0 Å². The predicted octanol–water partition coefficient (Wildman–Crippen LogP) is 2.94. The lowest BCUT2D eigenvalue weighted by Gasteiger charge is -2.04. The van der Waals surface area contributed by atoms with E-state index in [0.717, 1.165) is 22.0 Å². The molecule has 0 unspecified atom stereocenters. The minimum Gasteiger partial charge on any atom is -0.350 e.